The van der Waals surface area contributed by atoms with Crippen LogP contribution in [0.4, 0.5) is 0 Å². The van der Waals surface area contributed by atoms with Gasteiger partial charge in [-0.1, -0.05) is 27.7 Å². The molecule has 0 bridgehead atoms. The highest BCUT2D eigenvalue weighted by Gasteiger charge is 2.27. The van der Waals surface area contributed by atoms with E-state index >= 15 is 0 Å². The molecule has 0 aliphatic carbocycles. The van der Waals surface area contributed by atoms with Gasteiger partial charge in [-0.05, 0) is 11.8 Å². The van der Waals surface area contributed by atoms with E-state index in [1.165, 1.54) is 7.11 Å². The van der Waals surface area contributed by atoms with Crippen LogP contribution in [0, 0.1) is 11.8 Å². The molecule has 0 aromatic rings. The second-order valence-electron chi connectivity index (χ2n) is 4.52. The number of nitrogens with one attached hydrogen (secondary N) is 1. The monoisotopic (exact) mass is 230 g/mol. The minimum Gasteiger partial charge on any atom is -0.467 e. The zero-order valence-electron chi connectivity index (χ0n) is 10.6. The molecule has 3 N–H and O–H groups in total. The van der Waals surface area contributed by atoms with Crippen molar-refractivity contribution in [2.45, 2.75) is 39.8 Å². The molecule has 2 atom stereocenters. The van der Waals surface area contributed by atoms with Crippen molar-refractivity contribution in [3.8, 4) is 0 Å². The molecule has 0 aliphatic heterocycles. The van der Waals surface area contributed by atoms with E-state index in [1.807, 2.05) is 27.7 Å². The molecule has 5 nitrogen and oxygen atoms in total. The summed E-state index contributed by atoms with van der Waals surface area (Å²) >= 11 is 0. The number of methoxy groups -OCH3 is 1. The molecular formula is C11H22N2O3. The molecule has 0 saturated carbocycles. The van der Waals surface area contributed by atoms with Crippen molar-refractivity contribution in [1.29, 1.82) is 0 Å². The van der Waals surface area contributed by atoms with E-state index in [0.29, 0.717) is 0 Å². The van der Waals surface area contributed by atoms with Crippen LogP contribution in [-0.2, 0) is 14.3 Å². The van der Waals surface area contributed by atoms with Crippen LogP contribution in [0.25, 0.3) is 0 Å². The Kier molecular flexibility index (Phi) is 6.03. The van der Waals surface area contributed by atoms with Crippen LogP contribution in [0.1, 0.15) is 27.7 Å². The zero-order chi connectivity index (χ0) is 12.9. The van der Waals surface area contributed by atoms with Crippen LogP contribution in [0.15, 0.2) is 0 Å². The second kappa shape index (κ2) is 6.48. The van der Waals surface area contributed by atoms with Crippen molar-refractivity contribution in [1.82, 2.24) is 5.32 Å². The largest absolute Gasteiger partial charge is 0.467 e. The van der Waals surface area contributed by atoms with Crippen LogP contribution < -0.4 is 11.1 Å². The van der Waals surface area contributed by atoms with E-state index in [9.17, 15) is 9.59 Å². The maximum absolute atomic E-state index is 11.7. The topological polar surface area (TPSA) is 81.4 Å². The van der Waals surface area contributed by atoms with Crippen LogP contribution in [0.3, 0.4) is 0 Å². The van der Waals surface area contributed by atoms with Crippen molar-refractivity contribution in [3.63, 3.8) is 0 Å². The predicted molar refractivity (Wildman–Crippen MR) is 61.6 cm³/mol. The first-order chi connectivity index (χ1) is 7.31. The molecule has 0 aromatic heterocycles. The quantitative estimate of drug-likeness (QED) is 0.665. The highest BCUT2D eigenvalue weighted by atomic mass is 16.5. The van der Waals surface area contributed by atoms with E-state index in [2.05, 4.69) is 10.1 Å². The first-order valence-corrected chi connectivity index (χ1v) is 5.45. The maximum atomic E-state index is 11.7. The number of hydrogen-bond donors (Lipinski definition) is 2. The molecule has 94 valence electrons. The normalized spacial score (nSPS) is 14.8. The van der Waals surface area contributed by atoms with Crippen LogP contribution in [-0.4, -0.2) is 31.1 Å². The molecule has 16 heavy (non-hydrogen) atoms. The lowest BCUT2D eigenvalue weighted by molar-refractivity contribution is -0.146. The third-order valence-electron chi connectivity index (χ3n) is 2.44. The predicted octanol–water partition coefficient (Wildman–Crippen LogP) is 0.284. The maximum Gasteiger partial charge on any atom is 0.328 e. The Balaban J connectivity index is 4.53. The fourth-order valence-corrected chi connectivity index (χ4v) is 1.18. The standard InChI is InChI=1S/C11H22N2O3/c1-6(2)8(12)10(14)13-9(7(3)4)11(15)16-5/h6-9H,12H2,1-5H3,(H,13,14). The number of carbonyl (C=O) groups is 2. The van der Waals surface area contributed by atoms with E-state index in [-0.39, 0.29) is 17.7 Å². The third kappa shape index (κ3) is 4.18. The van der Waals surface area contributed by atoms with Crippen molar-refractivity contribution in [3.05, 3.63) is 0 Å². The number of carbonyl (C=O) groups excluding carboxylic acids is 2. The van der Waals surface area contributed by atoms with Gasteiger partial charge in [-0.25, -0.2) is 4.79 Å². The Hall–Kier alpha value is -1.10. The third-order valence-corrected chi connectivity index (χ3v) is 2.44. The summed E-state index contributed by atoms with van der Waals surface area (Å²) in [6, 6.07) is -1.24. The lowest BCUT2D eigenvalue weighted by atomic mass is 10.0. The van der Waals surface area contributed by atoms with Gasteiger partial charge in [0.2, 0.25) is 5.91 Å². The molecule has 0 radical (unpaired) electrons. The van der Waals surface area contributed by atoms with Gasteiger partial charge in [-0.15, -0.1) is 0 Å². The van der Waals surface area contributed by atoms with Crippen molar-refractivity contribution in [2.75, 3.05) is 7.11 Å². The molecule has 0 fully saturated rings. The molecule has 5 heteroatoms. The Labute approximate surface area is 96.7 Å². The van der Waals surface area contributed by atoms with Gasteiger partial charge in [0.15, 0.2) is 0 Å². The van der Waals surface area contributed by atoms with Gasteiger partial charge in [0.05, 0.1) is 13.2 Å². The first-order valence-electron chi connectivity index (χ1n) is 5.45. The lowest BCUT2D eigenvalue weighted by Gasteiger charge is -2.23. The zero-order valence-corrected chi connectivity index (χ0v) is 10.6. The molecule has 0 rings (SSSR count). The minimum atomic E-state index is -0.637. The summed E-state index contributed by atoms with van der Waals surface area (Å²) in [7, 11) is 1.30. The summed E-state index contributed by atoms with van der Waals surface area (Å²) in [4.78, 5) is 23.1. The molecule has 0 aromatic carbocycles. The SMILES string of the molecule is COC(=O)C(NC(=O)C(N)C(C)C)C(C)C. The van der Waals surface area contributed by atoms with Gasteiger partial charge in [-0.2, -0.15) is 0 Å². The van der Waals surface area contributed by atoms with E-state index < -0.39 is 18.1 Å². The number of amides is 1. The lowest BCUT2D eigenvalue weighted by Crippen LogP contribution is -2.52. The molecule has 0 spiro atoms. The number of esters is 1. The average molecular weight is 230 g/mol. The fraction of sp³-hybridized carbons (Fsp3) is 0.818. The molecular weight excluding hydrogens is 208 g/mol. The molecule has 2 unspecified atom stereocenters. The Bertz CT molecular complexity index is 252. The summed E-state index contributed by atoms with van der Waals surface area (Å²) in [6.45, 7) is 7.38. The summed E-state index contributed by atoms with van der Waals surface area (Å²) < 4.78 is 4.62. The second-order valence-corrected chi connectivity index (χ2v) is 4.52. The first kappa shape index (κ1) is 14.9. The molecule has 0 saturated heterocycles. The van der Waals surface area contributed by atoms with Crippen molar-refractivity contribution < 1.29 is 14.3 Å². The summed E-state index contributed by atoms with van der Waals surface area (Å²) in [5, 5.41) is 2.61. The highest BCUT2D eigenvalue weighted by molar-refractivity contribution is 5.87. The van der Waals surface area contributed by atoms with Crippen LogP contribution in [0.5, 0.6) is 0 Å². The van der Waals surface area contributed by atoms with E-state index in [0.717, 1.165) is 0 Å². The minimum absolute atomic E-state index is 0.0317. The van der Waals surface area contributed by atoms with E-state index in [1.54, 1.807) is 0 Å². The van der Waals surface area contributed by atoms with Crippen LogP contribution in [0.2, 0.25) is 0 Å². The summed E-state index contributed by atoms with van der Waals surface area (Å²) in [5.41, 5.74) is 5.69. The number of ether oxygens (including phenoxy) is 1. The van der Waals surface area contributed by atoms with Crippen molar-refractivity contribution >= 4 is 11.9 Å². The van der Waals surface area contributed by atoms with Crippen molar-refractivity contribution in [2.24, 2.45) is 17.6 Å². The highest BCUT2D eigenvalue weighted by Crippen LogP contribution is 2.05. The van der Waals surface area contributed by atoms with Gasteiger partial charge in [0.25, 0.3) is 0 Å². The average Bonchev–Trinajstić information content (AvgIpc) is 2.22. The Morgan fingerprint density at radius 2 is 1.62 bits per heavy atom. The van der Waals surface area contributed by atoms with Gasteiger partial charge >= 0.3 is 5.97 Å². The smallest absolute Gasteiger partial charge is 0.328 e. The molecule has 0 heterocycles. The van der Waals surface area contributed by atoms with Gasteiger partial charge in [0.1, 0.15) is 6.04 Å². The van der Waals surface area contributed by atoms with Gasteiger partial charge in [0, 0.05) is 0 Å². The summed E-state index contributed by atoms with van der Waals surface area (Å²) in [6.07, 6.45) is 0. The number of rotatable bonds is 5. The Morgan fingerprint density at radius 1 is 1.12 bits per heavy atom. The summed E-state index contributed by atoms with van der Waals surface area (Å²) in [5.74, 6) is -0.764. The molecule has 1 amide bonds. The van der Waals surface area contributed by atoms with Gasteiger partial charge < -0.3 is 15.8 Å². The molecule has 0 aliphatic rings. The number of nitrogens with two attached hydrogens (primary N) is 1. The van der Waals surface area contributed by atoms with Crippen LogP contribution >= 0.6 is 0 Å². The number of hydrogen-bond acceptors (Lipinski definition) is 4. The van der Waals surface area contributed by atoms with Gasteiger partial charge in [-0.3, -0.25) is 4.79 Å². The Morgan fingerprint density at radius 3 is 1.94 bits per heavy atom. The van der Waals surface area contributed by atoms with E-state index in [4.69, 9.17) is 5.73 Å². The fourth-order valence-electron chi connectivity index (χ4n) is 1.18.